The molecular weight excluding hydrogens is 353 g/mol. The lowest BCUT2D eigenvalue weighted by Crippen LogP contribution is -1.98. The normalized spacial score (nSPS) is 10.3. The number of nitrogen functional groups attached to an aromatic ring is 1. The highest BCUT2D eigenvalue weighted by Crippen LogP contribution is 2.31. The quantitative estimate of drug-likeness (QED) is 0.848. The standard InChI is InChI=1S/C11H8Br2FN3/c12-7-2-1-6(3-9(7)14)17-11-8(13)4-16-5-10(11)15/h1-5H,15H2,(H,16,17). The minimum atomic E-state index is -0.334. The Balaban J connectivity index is 2.35. The van der Waals surface area contributed by atoms with Crippen molar-refractivity contribution in [2.75, 3.05) is 11.1 Å². The van der Waals surface area contributed by atoms with Crippen LogP contribution in [0.25, 0.3) is 0 Å². The summed E-state index contributed by atoms with van der Waals surface area (Å²) in [7, 11) is 0. The predicted molar refractivity (Wildman–Crippen MR) is 73.7 cm³/mol. The van der Waals surface area contributed by atoms with Gasteiger partial charge < -0.3 is 11.1 Å². The van der Waals surface area contributed by atoms with Gasteiger partial charge in [0, 0.05) is 11.9 Å². The van der Waals surface area contributed by atoms with Crippen LogP contribution in [0.5, 0.6) is 0 Å². The number of hydrogen-bond acceptors (Lipinski definition) is 3. The molecule has 0 bridgehead atoms. The summed E-state index contributed by atoms with van der Waals surface area (Å²) in [5, 5.41) is 3.04. The molecular formula is C11H8Br2FN3. The fourth-order valence-corrected chi connectivity index (χ4v) is 1.99. The number of benzene rings is 1. The lowest BCUT2D eigenvalue weighted by molar-refractivity contribution is 0.622. The minimum absolute atomic E-state index is 0.334. The number of rotatable bonds is 2. The molecule has 0 atom stereocenters. The highest BCUT2D eigenvalue weighted by Gasteiger charge is 2.06. The van der Waals surface area contributed by atoms with Gasteiger partial charge in [0.1, 0.15) is 5.82 Å². The average Bonchev–Trinajstić information content (AvgIpc) is 2.28. The molecule has 1 aromatic carbocycles. The second-order valence-electron chi connectivity index (χ2n) is 3.34. The first kappa shape index (κ1) is 12.3. The van der Waals surface area contributed by atoms with Gasteiger partial charge >= 0.3 is 0 Å². The Morgan fingerprint density at radius 1 is 1.18 bits per heavy atom. The van der Waals surface area contributed by atoms with Crippen molar-refractivity contribution in [2.24, 2.45) is 0 Å². The Bertz CT molecular complexity index is 540. The van der Waals surface area contributed by atoms with E-state index in [0.29, 0.717) is 21.5 Å². The summed E-state index contributed by atoms with van der Waals surface area (Å²) in [6, 6.07) is 4.76. The van der Waals surface area contributed by atoms with Gasteiger partial charge in [0.05, 0.1) is 26.5 Å². The molecule has 17 heavy (non-hydrogen) atoms. The molecule has 3 nitrogen and oxygen atoms in total. The van der Waals surface area contributed by atoms with Gasteiger partial charge in [-0.25, -0.2) is 4.39 Å². The zero-order valence-corrected chi connectivity index (χ0v) is 11.7. The monoisotopic (exact) mass is 359 g/mol. The first-order valence-corrected chi connectivity index (χ1v) is 6.27. The fourth-order valence-electron chi connectivity index (χ4n) is 1.30. The molecule has 0 spiro atoms. The molecule has 0 radical (unpaired) electrons. The van der Waals surface area contributed by atoms with Gasteiger partial charge in [-0.15, -0.1) is 0 Å². The van der Waals surface area contributed by atoms with E-state index in [2.05, 4.69) is 42.2 Å². The molecule has 6 heteroatoms. The predicted octanol–water partition coefficient (Wildman–Crippen LogP) is 4.07. The Labute approximate surface area is 114 Å². The lowest BCUT2D eigenvalue weighted by atomic mass is 10.3. The van der Waals surface area contributed by atoms with Gasteiger partial charge in [-0.3, -0.25) is 4.98 Å². The average molecular weight is 361 g/mol. The topological polar surface area (TPSA) is 50.9 Å². The maximum Gasteiger partial charge on any atom is 0.139 e. The molecule has 3 N–H and O–H groups in total. The molecule has 0 fully saturated rings. The van der Waals surface area contributed by atoms with Crippen molar-refractivity contribution < 1.29 is 4.39 Å². The number of aromatic nitrogens is 1. The summed E-state index contributed by atoms with van der Waals surface area (Å²) in [5.74, 6) is -0.334. The lowest BCUT2D eigenvalue weighted by Gasteiger charge is -2.11. The van der Waals surface area contributed by atoms with Crippen LogP contribution in [0.2, 0.25) is 0 Å². The molecule has 88 valence electrons. The SMILES string of the molecule is Nc1cncc(Br)c1Nc1ccc(Br)c(F)c1. The van der Waals surface area contributed by atoms with Crippen LogP contribution in [0, 0.1) is 5.82 Å². The third-order valence-electron chi connectivity index (χ3n) is 2.12. The Hall–Kier alpha value is -1.14. The number of nitrogens with two attached hydrogens (primary N) is 1. The van der Waals surface area contributed by atoms with Crippen molar-refractivity contribution in [2.45, 2.75) is 0 Å². The number of pyridine rings is 1. The summed E-state index contributed by atoms with van der Waals surface area (Å²) in [5.41, 5.74) is 7.55. The minimum Gasteiger partial charge on any atom is -0.396 e. The summed E-state index contributed by atoms with van der Waals surface area (Å²) >= 11 is 6.43. The smallest absolute Gasteiger partial charge is 0.139 e. The highest BCUT2D eigenvalue weighted by atomic mass is 79.9. The maximum absolute atomic E-state index is 13.3. The number of nitrogens with zero attached hydrogens (tertiary/aromatic N) is 1. The summed E-state index contributed by atoms with van der Waals surface area (Å²) < 4.78 is 14.5. The Morgan fingerprint density at radius 2 is 1.94 bits per heavy atom. The van der Waals surface area contributed by atoms with Crippen LogP contribution in [0.15, 0.2) is 39.5 Å². The van der Waals surface area contributed by atoms with E-state index >= 15 is 0 Å². The molecule has 0 saturated heterocycles. The van der Waals surface area contributed by atoms with Crippen LogP contribution in [0.4, 0.5) is 21.5 Å². The molecule has 0 unspecified atom stereocenters. The van der Waals surface area contributed by atoms with Crippen LogP contribution in [-0.2, 0) is 0 Å². The second-order valence-corrected chi connectivity index (χ2v) is 5.05. The molecule has 1 heterocycles. The van der Waals surface area contributed by atoms with Gasteiger partial charge in [-0.05, 0) is 50.1 Å². The van der Waals surface area contributed by atoms with Crippen LogP contribution in [-0.4, -0.2) is 4.98 Å². The van der Waals surface area contributed by atoms with Crippen molar-refractivity contribution in [1.82, 2.24) is 4.98 Å². The summed E-state index contributed by atoms with van der Waals surface area (Å²) in [6.45, 7) is 0. The zero-order valence-electron chi connectivity index (χ0n) is 8.55. The maximum atomic E-state index is 13.3. The third-order valence-corrected chi connectivity index (χ3v) is 3.36. The van der Waals surface area contributed by atoms with Gasteiger partial charge in [0.15, 0.2) is 0 Å². The first-order chi connectivity index (χ1) is 8.08. The van der Waals surface area contributed by atoms with Crippen LogP contribution in [0.1, 0.15) is 0 Å². The van der Waals surface area contributed by atoms with Crippen molar-refractivity contribution in [1.29, 1.82) is 0 Å². The van der Waals surface area contributed by atoms with Gasteiger partial charge in [-0.2, -0.15) is 0 Å². The second kappa shape index (κ2) is 5.01. The van der Waals surface area contributed by atoms with Crippen molar-refractivity contribution in [3.05, 3.63) is 45.4 Å². The molecule has 2 rings (SSSR count). The Kier molecular flexibility index (Phi) is 3.63. The van der Waals surface area contributed by atoms with Gasteiger partial charge in [0.25, 0.3) is 0 Å². The number of hydrogen-bond donors (Lipinski definition) is 2. The van der Waals surface area contributed by atoms with E-state index in [0.717, 1.165) is 4.47 Å². The number of nitrogens with one attached hydrogen (secondary N) is 1. The van der Waals surface area contributed by atoms with E-state index in [9.17, 15) is 4.39 Å². The van der Waals surface area contributed by atoms with E-state index < -0.39 is 0 Å². The van der Waals surface area contributed by atoms with E-state index in [-0.39, 0.29) is 5.82 Å². The van der Waals surface area contributed by atoms with E-state index in [1.54, 1.807) is 18.3 Å². The zero-order chi connectivity index (χ0) is 12.4. The van der Waals surface area contributed by atoms with Gasteiger partial charge in [0.2, 0.25) is 0 Å². The molecule has 0 aliphatic heterocycles. The largest absolute Gasteiger partial charge is 0.396 e. The third kappa shape index (κ3) is 2.76. The molecule has 0 saturated carbocycles. The molecule has 0 aliphatic rings. The van der Waals surface area contributed by atoms with E-state index in [1.807, 2.05) is 0 Å². The van der Waals surface area contributed by atoms with Crippen molar-refractivity contribution in [3.8, 4) is 0 Å². The molecule has 2 aromatic rings. The van der Waals surface area contributed by atoms with E-state index in [1.165, 1.54) is 12.3 Å². The van der Waals surface area contributed by atoms with E-state index in [4.69, 9.17) is 5.73 Å². The first-order valence-electron chi connectivity index (χ1n) is 4.69. The van der Waals surface area contributed by atoms with Crippen molar-refractivity contribution >= 4 is 48.9 Å². The molecule has 1 aromatic heterocycles. The number of halogens is 3. The molecule has 0 amide bonds. The van der Waals surface area contributed by atoms with Gasteiger partial charge in [-0.1, -0.05) is 0 Å². The van der Waals surface area contributed by atoms with Crippen LogP contribution < -0.4 is 11.1 Å². The highest BCUT2D eigenvalue weighted by molar-refractivity contribution is 9.10. The van der Waals surface area contributed by atoms with Crippen molar-refractivity contribution in [3.63, 3.8) is 0 Å². The number of anilines is 3. The molecule has 0 aliphatic carbocycles. The Morgan fingerprint density at radius 3 is 2.59 bits per heavy atom. The van der Waals surface area contributed by atoms with Crippen LogP contribution in [0.3, 0.4) is 0 Å². The van der Waals surface area contributed by atoms with Crippen LogP contribution >= 0.6 is 31.9 Å². The summed E-state index contributed by atoms with van der Waals surface area (Å²) in [6.07, 6.45) is 3.15. The fraction of sp³-hybridized carbons (Fsp3) is 0. The summed E-state index contributed by atoms with van der Waals surface area (Å²) in [4.78, 5) is 3.92.